The number of hydrogen-bond donors (Lipinski definition) is 1. The van der Waals surface area contributed by atoms with Crippen LogP contribution >= 0.6 is 12.4 Å². The average molecular weight is 490 g/mol. The Hall–Kier alpha value is -2.77. The van der Waals surface area contributed by atoms with E-state index in [1.807, 2.05) is 35.2 Å². The zero-order valence-corrected chi connectivity index (χ0v) is 21.4. The maximum atomic E-state index is 12.8. The van der Waals surface area contributed by atoms with Crippen molar-refractivity contribution in [3.63, 3.8) is 0 Å². The highest BCUT2D eigenvalue weighted by atomic mass is 35.5. The molecule has 186 valence electrons. The number of nitrogens with one attached hydrogen (secondary N) is 1. The fraction of sp³-hybridized carbons (Fsp3) is 0.462. The van der Waals surface area contributed by atoms with E-state index in [4.69, 9.17) is 9.47 Å². The van der Waals surface area contributed by atoms with Gasteiger partial charge in [0.25, 0.3) is 0 Å². The molecule has 3 rings (SSSR count). The monoisotopic (exact) mass is 489 g/mol. The molecule has 0 fully saturated rings. The molecule has 1 aliphatic rings. The molecule has 2 aromatic carbocycles. The predicted molar refractivity (Wildman–Crippen MR) is 137 cm³/mol. The molecule has 0 atom stereocenters. The zero-order valence-electron chi connectivity index (χ0n) is 20.6. The van der Waals surface area contributed by atoms with Crippen molar-refractivity contribution in [2.45, 2.75) is 32.6 Å². The van der Waals surface area contributed by atoms with Crippen molar-refractivity contribution < 1.29 is 19.1 Å². The first kappa shape index (κ1) is 27.5. The SMILES string of the molecule is COc1cc2c(cc1OC)CC(=O)N(CCCN(C)CCc1ccccc1NC(C)=O)CC2.Cl. The van der Waals surface area contributed by atoms with Gasteiger partial charge in [-0.15, -0.1) is 12.4 Å². The lowest BCUT2D eigenvalue weighted by molar-refractivity contribution is -0.130. The summed E-state index contributed by atoms with van der Waals surface area (Å²) in [6.07, 6.45) is 2.98. The van der Waals surface area contributed by atoms with Gasteiger partial charge >= 0.3 is 0 Å². The van der Waals surface area contributed by atoms with E-state index in [-0.39, 0.29) is 24.2 Å². The number of ether oxygens (including phenoxy) is 2. The third-order valence-corrected chi connectivity index (χ3v) is 6.11. The first-order valence-corrected chi connectivity index (χ1v) is 11.5. The smallest absolute Gasteiger partial charge is 0.227 e. The Kier molecular flexibility index (Phi) is 10.7. The van der Waals surface area contributed by atoms with Gasteiger partial charge in [0.15, 0.2) is 11.5 Å². The minimum atomic E-state index is -0.0584. The van der Waals surface area contributed by atoms with E-state index >= 15 is 0 Å². The van der Waals surface area contributed by atoms with Gasteiger partial charge in [0.05, 0.1) is 20.6 Å². The summed E-state index contributed by atoms with van der Waals surface area (Å²) in [7, 11) is 5.34. The highest BCUT2D eigenvalue weighted by molar-refractivity contribution is 5.89. The number of para-hydroxylation sites is 1. The van der Waals surface area contributed by atoms with Crippen molar-refractivity contribution >= 4 is 29.9 Å². The van der Waals surface area contributed by atoms with Crippen LogP contribution in [0.1, 0.15) is 30.0 Å². The van der Waals surface area contributed by atoms with Crippen LogP contribution in [0.15, 0.2) is 36.4 Å². The maximum absolute atomic E-state index is 12.8. The molecule has 7 nitrogen and oxygen atoms in total. The minimum absolute atomic E-state index is 0. The standard InChI is InChI=1S/C26H35N3O4.ClH/c1-19(30)27-23-9-6-5-8-20(23)10-14-28(2)12-7-13-29-15-11-21-16-24(32-3)25(33-4)17-22(21)18-26(29)31;/h5-6,8-9,16-17H,7,10-15,18H2,1-4H3,(H,27,30);1H. The largest absolute Gasteiger partial charge is 0.493 e. The summed E-state index contributed by atoms with van der Waals surface area (Å²) in [5.74, 6) is 1.47. The van der Waals surface area contributed by atoms with Gasteiger partial charge in [-0.05, 0) is 67.7 Å². The van der Waals surface area contributed by atoms with Crippen LogP contribution in [-0.4, -0.2) is 69.1 Å². The van der Waals surface area contributed by atoms with E-state index in [9.17, 15) is 9.59 Å². The summed E-state index contributed by atoms with van der Waals surface area (Å²) >= 11 is 0. The number of rotatable bonds is 10. The highest BCUT2D eigenvalue weighted by Crippen LogP contribution is 2.32. The lowest BCUT2D eigenvalue weighted by Crippen LogP contribution is -2.35. The molecule has 0 radical (unpaired) electrons. The van der Waals surface area contributed by atoms with Crippen molar-refractivity contribution in [3.8, 4) is 11.5 Å². The van der Waals surface area contributed by atoms with Crippen molar-refractivity contribution in [2.24, 2.45) is 0 Å². The number of halogens is 1. The predicted octanol–water partition coefficient (Wildman–Crippen LogP) is 3.58. The van der Waals surface area contributed by atoms with Crippen LogP contribution < -0.4 is 14.8 Å². The molecule has 0 saturated carbocycles. The van der Waals surface area contributed by atoms with Crippen LogP contribution in [0.2, 0.25) is 0 Å². The molecular formula is C26H36ClN3O4. The fourth-order valence-corrected chi connectivity index (χ4v) is 4.26. The summed E-state index contributed by atoms with van der Waals surface area (Å²) < 4.78 is 10.8. The van der Waals surface area contributed by atoms with E-state index < -0.39 is 0 Å². The number of carbonyl (C=O) groups excluding carboxylic acids is 2. The van der Waals surface area contributed by atoms with Crippen LogP contribution in [-0.2, 0) is 28.9 Å². The van der Waals surface area contributed by atoms with E-state index in [0.717, 1.165) is 67.8 Å². The van der Waals surface area contributed by atoms with Crippen LogP contribution in [0.4, 0.5) is 5.69 Å². The third kappa shape index (κ3) is 7.37. The molecule has 1 aliphatic heterocycles. The second-order valence-electron chi connectivity index (χ2n) is 8.53. The first-order valence-electron chi connectivity index (χ1n) is 11.5. The Bertz CT molecular complexity index is 983. The number of nitrogens with zero attached hydrogens (tertiary/aromatic N) is 2. The molecule has 2 amide bonds. The van der Waals surface area contributed by atoms with Crippen LogP contribution in [0.25, 0.3) is 0 Å². The number of likely N-dealkylation sites (N-methyl/N-ethyl adjacent to an activating group) is 1. The summed E-state index contributed by atoms with van der Waals surface area (Å²) in [6, 6.07) is 11.8. The number of carbonyl (C=O) groups is 2. The number of hydrogen-bond acceptors (Lipinski definition) is 5. The van der Waals surface area contributed by atoms with E-state index in [1.54, 1.807) is 14.2 Å². The molecule has 0 aromatic heterocycles. The van der Waals surface area contributed by atoms with E-state index in [2.05, 4.69) is 23.3 Å². The van der Waals surface area contributed by atoms with E-state index in [0.29, 0.717) is 17.9 Å². The summed E-state index contributed by atoms with van der Waals surface area (Å²) in [5.41, 5.74) is 4.18. The molecule has 34 heavy (non-hydrogen) atoms. The number of benzene rings is 2. The van der Waals surface area contributed by atoms with Crippen molar-refractivity contribution in [1.29, 1.82) is 0 Å². The molecule has 0 saturated heterocycles. The molecule has 0 aliphatic carbocycles. The molecule has 0 bridgehead atoms. The number of anilines is 1. The van der Waals surface area contributed by atoms with Crippen molar-refractivity contribution in [1.82, 2.24) is 9.80 Å². The average Bonchev–Trinajstić information content (AvgIpc) is 2.95. The Morgan fingerprint density at radius 3 is 2.44 bits per heavy atom. The Morgan fingerprint density at radius 2 is 1.76 bits per heavy atom. The van der Waals surface area contributed by atoms with Crippen LogP contribution in [0, 0.1) is 0 Å². The molecule has 1 heterocycles. The van der Waals surface area contributed by atoms with Gasteiger partial charge < -0.3 is 24.6 Å². The van der Waals surface area contributed by atoms with Crippen molar-refractivity contribution in [2.75, 3.05) is 52.8 Å². The fourth-order valence-electron chi connectivity index (χ4n) is 4.26. The highest BCUT2D eigenvalue weighted by Gasteiger charge is 2.22. The number of amides is 2. The number of fused-ring (bicyclic) bond motifs is 1. The Balaban J connectivity index is 0.00000408. The first-order chi connectivity index (χ1) is 15.9. The van der Waals surface area contributed by atoms with Gasteiger partial charge in [0.1, 0.15) is 0 Å². The van der Waals surface area contributed by atoms with Gasteiger partial charge in [-0.2, -0.15) is 0 Å². The Labute approximate surface area is 208 Å². The summed E-state index contributed by atoms with van der Waals surface area (Å²) in [4.78, 5) is 28.5. The molecule has 8 heteroatoms. The second-order valence-corrected chi connectivity index (χ2v) is 8.53. The van der Waals surface area contributed by atoms with Gasteiger partial charge in [-0.3, -0.25) is 9.59 Å². The second kappa shape index (κ2) is 13.2. The van der Waals surface area contributed by atoms with Gasteiger partial charge in [0, 0.05) is 32.2 Å². The lowest BCUT2D eigenvalue weighted by atomic mass is 10.0. The quantitative estimate of drug-likeness (QED) is 0.552. The topological polar surface area (TPSA) is 71.1 Å². The third-order valence-electron chi connectivity index (χ3n) is 6.11. The maximum Gasteiger partial charge on any atom is 0.227 e. The van der Waals surface area contributed by atoms with Crippen LogP contribution in [0.3, 0.4) is 0 Å². The molecule has 1 N–H and O–H groups in total. The number of methoxy groups -OCH3 is 2. The molecule has 0 spiro atoms. The molecular weight excluding hydrogens is 454 g/mol. The molecule has 0 unspecified atom stereocenters. The van der Waals surface area contributed by atoms with Crippen LogP contribution in [0.5, 0.6) is 11.5 Å². The summed E-state index contributed by atoms with van der Waals surface area (Å²) in [6.45, 7) is 4.78. The van der Waals surface area contributed by atoms with Gasteiger partial charge in [0.2, 0.25) is 11.8 Å². The van der Waals surface area contributed by atoms with Crippen molar-refractivity contribution in [3.05, 3.63) is 53.1 Å². The zero-order chi connectivity index (χ0) is 23.8. The van der Waals surface area contributed by atoms with Gasteiger partial charge in [-0.25, -0.2) is 0 Å². The van der Waals surface area contributed by atoms with E-state index in [1.165, 1.54) is 6.92 Å². The lowest BCUT2D eigenvalue weighted by Gasteiger charge is -2.23. The Morgan fingerprint density at radius 1 is 1.09 bits per heavy atom. The normalized spacial score (nSPS) is 13.1. The van der Waals surface area contributed by atoms with Gasteiger partial charge in [-0.1, -0.05) is 18.2 Å². The molecule has 2 aromatic rings. The minimum Gasteiger partial charge on any atom is -0.493 e. The summed E-state index contributed by atoms with van der Waals surface area (Å²) in [5, 5.41) is 2.90.